The number of nitrogens with zero attached hydrogens (tertiary/aromatic N) is 9. The van der Waals surface area contributed by atoms with Crippen molar-refractivity contribution in [2.45, 2.75) is 146 Å². The molecule has 2 N–H and O–H groups in total. The number of anilines is 2. The summed E-state index contributed by atoms with van der Waals surface area (Å²) < 4.78 is 33.8. The summed E-state index contributed by atoms with van der Waals surface area (Å²) in [6.45, 7) is 21.1. The van der Waals surface area contributed by atoms with E-state index in [0.29, 0.717) is 96.5 Å². The van der Waals surface area contributed by atoms with E-state index >= 15 is 9.59 Å². The number of cyclic esters (lactones) is 1. The van der Waals surface area contributed by atoms with Crippen LogP contribution in [0.2, 0.25) is 0 Å². The lowest BCUT2D eigenvalue weighted by Gasteiger charge is -2.47. The van der Waals surface area contributed by atoms with Gasteiger partial charge in [-0.2, -0.15) is 0 Å². The number of hydrogen-bond donors (Lipinski definition) is 2. The van der Waals surface area contributed by atoms with E-state index in [2.05, 4.69) is 103 Å². The first-order chi connectivity index (χ1) is 38.9. The number of aromatic nitrogens is 2. The van der Waals surface area contributed by atoms with E-state index in [4.69, 9.17) is 28.7 Å². The predicted octanol–water partition coefficient (Wildman–Crippen LogP) is 4.82. The van der Waals surface area contributed by atoms with Crippen molar-refractivity contribution in [1.29, 1.82) is 0 Å². The van der Waals surface area contributed by atoms with Crippen LogP contribution in [-0.4, -0.2) is 220 Å². The Morgan fingerprint density at radius 1 is 0.800 bits per heavy atom. The van der Waals surface area contributed by atoms with Crippen molar-refractivity contribution in [1.82, 2.24) is 44.9 Å². The summed E-state index contributed by atoms with van der Waals surface area (Å²) in [5.41, 5.74) is 10.7. The number of carbonyl (C=O) groups excluding carboxylic acids is 3. The monoisotopic (exact) mass is 1100 g/mol. The van der Waals surface area contributed by atoms with Crippen LogP contribution in [-0.2, 0) is 44.5 Å². The Bertz CT molecular complexity index is 2730. The molecule has 8 bridgehead atoms. The topological polar surface area (TPSA) is 162 Å². The number of nitrogens with one attached hydrogen (secondary N) is 2. The van der Waals surface area contributed by atoms with Crippen molar-refractivity contribution in [2.75, 3.05) is 135 Å². The lowest BCUT2D eigenvalue weighted by atomic mass is 9.81. The molecular formula is C61H89N11O8. The molecule has 19 heteroatoms. The summed E-state index contributed by atoms with van der Waals surface area (Å²) in [5, 5.41) is 6.33. The lowest BCUT2D eigenvalue weighted by molar-refractivity contribution is -0.157. The third kappa shape index (κ3) is 11.0. The number of esters is 1. The Kier molecular flexibility index (Phi) is 15.7. The van der Waals surface area contributed by atoms with Crippen LogP contribution in [0.5, 0.6) is 0 Å². The molecule has 1 aromatic carbocycles. The third-order valence-corrected chi connectivity index (χ3v) is 20.0. The second kappa shape index (κ2) is 23.0. The first-order valence-electron chi connectivity index (χ1n) is 30.9. The van der Waals surface area contributed by atoms with Crippen molar-refractivity contribution in [3.63, 3.8) is 0 Å². The van der Waals surface area contributed by atoms with Crippen LogP contribution in [0.15, 0.2) is 30.5 Å². The van der Waals surface area contributed by atoms with Crippen LogP contribution < -0.4 is 20.5 Å². The van der Waals surface area contributed by atoms with Crippen LogP contribution in [0.3, 0.4) is 0 Å². The van der Waals surface area contributed by atoms with Gasteiger partial charge in [-0.15, -0.1) is 0 Å². The van der Waals surface area contributed by atoms with Gasteiger partial charge in [0.05, 0.1) is 99.9 Å². The van der Waals surface area contributed by atoms with Gasteiger partial charge in [-0.25, -0.2) is 5.43 Å². The maximum Gasteiger partial charge on any atom is 0.324 e. The van der Waals surface area contributed by atoms with E-state index in [-0.39, 0.29) is 36.4 Å². The zero-order chi connectivity index (χ0) is 54.8. The molecule has 10 heterocycles. The maximum atomic E-state index is 15.8. The highest BCUT2D eigenvalue weighted by molar-refractivity contribution is 5.96. The Hall–Kier alpha value is -4.44. The Balaban J connectivity index is 0.906. The molecular weight excluding hydrogens is 1010 g/mol. The first kappa shape index (κ1) is 54.8. The molecule has 8 aliphatic heterocycles. The highest BCUT2D eigenvalue weighted by Gasteiger charge is 2.49. The molecule has 80 heavy (non-hydrogen) atoms. The normalized spacial score (nSPS) is 32.1. The predicted molar refractivity (Wildman–Crippen MR) is 305 cm³/mol. The van der Waals surface area contributed by atoms with Gasteiger partial charge in [0.1, 0.15) is 12.1 Å². The Morgan fingerprint density at radius 3 is 2.35 bits per heavy atom. The average Bonchev–Trinajstić information content (AvgIpc) is 4.19. The van der Waals surface area contributed by atoms with Gasteiger partial charge in [-0.3, -0.25) is 44.0 Å². The minimum atomic E-state index is -1.00. The standard InChI is InChI=1S/C61H89N11O8/c1-39-41-9-6-7-17-69(38-70(33-41)46-35-78-36-46)55(39)58(73)63-54-57(67-23-26-77-27-24-67)52-34-68(25-28-79-52)44-15-16-51-47(29-44)49(31-61(3,4)37-80-60(75)50-10-8-18-71(64-50)59(54)74)56(72(51)43-13-14-43)48-30-45(32-62-53(48)40(2)76-5)66-21-19-65(20-22-66)42-11-12-42/h15-16,29-30,32,39-43,46,50,52,54-55,57,64H,6-14,17-28,31,33-38H2,1-5H3,(H,63,73)/t39?,40-,41?,50-,52+,54-,55-,57+/m0/s1. The van der Waals surface area contributed by atoms with Gasteiger partial charge in [-0.05, 0) is 106 Å². The summed E-state index contributed by atoms with van der Waals surface area (Å²) in [6, 6.07) is 8.10. The number of hydrogen-bond acceptors (Lipinski definition) is 16. The quantitative estimate of drug-likeness (QED) is 0.266. The van der Waals surface area contributed by atoms with E-state index in [1.54, 1.807) is 12.1 Å². The minimum Gasteiger partial charge on any atom is -0.464 e. The number of amides is 2. The number of carbonyl (C=O) groups is 3. The van der Waals surface area contributed by atoms with E-state index in [0.717, 1.165) is 113 Å². The number of hydrazine groups is 1. The molecule has 19 nitrogen and oxygen atoms in total. The van der Waals surface area contributed by atoms with E-state index < -0.39 is 35.7 Å². The molecule has 3 unspecified atom stereocenters. The SMILES string of the molecule is CO[C@@H](C)c1ncc(N2CCN(C3CC3)CC2)cc1-c1c2c3cc(ccc3n1C1CC1)N1CCO[C@H](C1)[C@@H](N1CCOCC1)[C@H](NC(=O)[C@@H]1C(C)C3CCCCN1CN(C1COC1)C3)C(=O)N1CCC[C@H](N1)C(=O)OCC(C)(C)C2. The lowest BCUT2D eigenvalue weighted by Crippen LogP contribution is -2.70. The zero-order valence-electron chi connectivity index (χ0n) is 48.3. The van der Waals surface area contributed by atoms with Crippen LogP contribution in [0.25, 0.3) is 22.2 Å². The molecule has 3 aromatic rings. The van der Waals surface area contributed by atoms with Crippen molar-refractivity contribution in [3.8, 4) is 11.3 Å². The number of benzene rings is 1. The second-order valence-electron chi connectivity index (χ2n) is 26.1. The van der Waals surface area contributed by atoms with E-state index in [1.165, 1.54) is 35.0 Å². The second-order valence-corrected chi connectivity index (χ2v) is 26.1. The van der Waals surface area contributed by atoms with Gasteiger partial charge >= 0.3 is 5.97 Å². The highest BCUT2D eigenvalue weighted by Crippen LogP contribution is 2.49. The van der Waals surface area contributed by atoms with Crippen LogP contribution in [0.4, 0.5) is 11.4 Å². The van der Waals surface area contributed by atoms with Crippen molar-refractivity contribution >= 4 is 40.1 Å². The summed E-state index contributed by atoms with van der Waals surface area (Å²) in [7, 11) is 1.77. The number of pyridine rings is 1. The van der Waals surface area contributed by atoms with Crippen molar-refractivity contribution in [3.05, 3.63) is 41.7 Å². The third-order valence-electron chi connectivity index (χ3n) is 20.0. The molecule has 436 valence electrons. The minimum absolute atomic E-state index is 0.0633. The molecule has 2 amide bonds. The summed E-state index contributed by atoms with van der Waals surface area (Å²) >= 11 is 0. The number of morpholine rings is 2. The summed E-state index contributed by atoms with van der Waals surface area (Å²) in [6.07, 6.45) is 11.1. The number of ether oxygens (including phenoxy) is 5. The Labute approximate surface area is 473 Å². The van der Waals surface area contributed by atoms with Crippen LogP contribution >= 0.6 is 0 Å². The van der Waals surface area contributed by atoms with Crippen LogP contribution in [0.1, 0.15) is 109 Å². The highest BCUT2D eigenvalue weighted by atomic mass is 16.5. The van der Waals surface area contributed by atoms with Crippen LogP contribution in [0, 0.1) is 17.3 Å². The fourth-order valence-electron chi connectivity index (χ4n) is 15.0. The number of rotatable bonds is 10. The molecule has 2 aromatic heterocycles. The largest absolute Gasteiger partial charge is 0.464 e. The van der Waals surface area contributed by atoms with Gasteiger partial charge in [-0.1, -0.05) is 27.2 Å². The number of piperazine rings is 1. The fraction of sp³-hybridized carbons (Fsp3) is 0.738. The van der Waals surface area contributed by atoms with E-state index in [9.17, 15) is 4.79 Å². The molecule has 9 fully saturated rings. The number of methoxy groups -OCH3 is 1. The smallest absolute Gasteiger partial charge is 0.324 e. The molecule has 13 rings (SSSR count). The summed E-state index contributed by atoms with van der Waals surface area (Å²) in [5.74, 6) is -0.370. The van der Waals surface area contributed by atoms with Gasteiger partial charge in [0.2, 0.25) is 5.91 Å². The molecule has 2 saturated carbocycles. The Morgan fingerprint density at radius 2 is 1.60 bits per heavy atom. The van der Waals surface area contributed by atoms with Gasteiger partial charge < -0.3 is 43.4 Å². The van der Waals surface area contributed by atoms with Gasteiger partial charge in [0.15, 0.2) is 0 Å². The van der Waals surface area contributed by atoms with Gasteiger partial charge in [0, 0.05) is 119 Å². The first-order valence-corrected chi connectivity index (χ1v) is 30.9. The molecule has 7 saturated heterocycles. The zero-order valence-corrected chi connectivity index (χ0v) is 48.3. The molecule has 0 spiro atoms. The molecule has 2 aliphatic carbocycles. The molecule has 9 atom stereocenters. The maximum absolute atomic E-state index is 15.8. The van der Waals surface area contributed by atoms with E-state index in [1.807, 2.05) is 0 Å². The average molecular weight is 1100 g/mol. The molecule has 10 aliphatic rings. The summed E-state index contributed by atoms with van der Waals surface area (Å²) in [4.78, 5) is 66.2. The fourth-order valence-corrected chi connectivity index (χ4v) is 15.0. The van der Waals surface area contributed by atoms with Crippen molar-refractivity contribution in [2.24, 2.45) is 17.3 Å². The van der Waals surface area contributed by atoms with Crippen molar-refractivity contribution < 1.29 is 38.1 Å². The van der Waals surface area contributed by atoms with Gasteiger partial charge in [0.25, 0.3) is 5.91 Å². The number of fused-ring (bicyclic) bond motifs is 9. The molecule has 0 radical (unpaired) electrons.